The van der Waals surface area contributed by atoms with Gasteiger partial charge in [-0.05, 0) is 30.9 Å². The highest BCUT2D eigenvalue weighted by Crippen LogP contribution is 2.31. The van der Waals surface area contributed by atoms with Gasteiger partial charge >= 0.3 is 0 Å². The molecule has 2 rings (SSSR count). The van der Waals surface area contributed by atoms with Crippen LogP contribution in [-0.2, 0) is 13.5 Å². The van der Waals surface area contributed by atoms with Crippen LogP contribution in [0.4, 0.5) is 0 Å². The van der Waals surface area contributed by atoms with Gasteiger partial charge < -0.3 is 5.73 Å². The lowest BCUT2D eigenvalue weighted by atomic mass is 10.1. The summed E-state index contributed by atoms with van der Waals surface area (Å²) in [7, 11) is 2.00. The topological polar surface area (TPSA) is 43.8 Å². The highest BCUT2D eigenvalue weighted by atomic mass is 15.3. The van der Waals surface area contributed by atoms with Crippen molar-refractivity contribution in [3.8, 4) is 0 Å². The number of aromatic nitrogens is 2. The first-order valence-corrected chi connectivity index (χ1v) is 4.03. The SMILES string of the molecule is Cn1ncc2c1CCC2CN. The van der Waals surface area contributed by atoms with E-state index in [0.29, 0.717) is 5.92 Å². The van der Waals surface area contributed by atoms with Crippen LogP contribution in [0.3, 0.4) is 0 Å². The molecule has 1 aromatic heterocycles. The summed E-state index contributed by atoms with van der Waals surface area (Å²) in [5.74, 6) is 0.568. The minimum atomic E-state index is 0.568. The Kier molecular flexibility index (Phi) is 1.46. The fraction of sp³-hybridized carbons (Fsp3) is 0.625. The molecule has 0 aliphatic heterocycles. The summed E-state index contributed by atoms with van der Waals surface area (Å²) in [6, 6.07) is 0. The molecule has 0 aromatic carbocycles. The lowest BCUT2D eigenvalue weighted by Crippen LogP contribution is -2.08. The van der Waals surface area contributed by atoms with Gasteiger partial charge in [0.25, 0.3) is 0 Å². The molecule has 1 aliphatic rings. The van der Waals surface area contributed by atoms with E-state index < -0.39 is 0 Å². The lowest BCUT2D eigenvalue weighted by Gasteiger charge is -2.02. The second-order valence-electron chi connectivity index (χ2n) is 3.14. The van der Waals surface area contributed by atoms with E-state index in [1.807, 2.05) is 17.9 Å². The van der Waals surface area contributed by atoms with Crippen LogP contribution in [-0.4, -0.2) is 16.3 Å². The van der Waals surface area contributed by atoms with E-state index >= 15 is 0 Å². The van der Waals surface area contributed by atoms with E-state index in [9.17, 15) is 0 Å². The molecular weight excluding hydrogens is 138 g/mol. The second-order valence-corrected chi connectivity index (χ2v) is 3.14. The van der Waals surface area contributed by atoms with E-state index in [1.54, 1.807) is 0 Å². The molecule has 1 unspecified atom stereocenters. The average Bonchev–Trinajstić information content (AvgIpc) is 2.53. The lowest BCUT2D eigenvalue weighted by molar-refractivity contribution is 0.657. The van der Waals surface area contributed by atoms with E-state index in [1.165, 1.54) is 17.7 Å². The molecule has 0 amide bonds. The number of aryl methyl sites for hydroxylation is 1. The van der Waals surface area contributed by atoms with Gasteiger partial charge in [-0.2, -0.15) is 5.10 Å². The van der Waals surface area contributed by atoms with E-state index in [2.05, 4.69) is 5.10 Å². The Hall–Kier alpha value is -0.830. The fourth-order valence-corrected chi connectivity index (χ4v) is 1.84. The molecule has 0 saturated carbocycles. The maximum absolute atomic E-state index is 5.62. The standard InChI is InChI=1S/C8H13N3/c1-11-8-3-2-6(4-9)7(8)5-10-11/h5-6H,2-4,9H2,1H3. The number of hydrogen-bond acceptors (Lipinski definition) is 2. The molecule has 60 valence electrons. The molecule has 11 heavy (non-hydrogen) atoms. The third-order valence-corrected chi connectivity index (χ3v) is 2.55. The molecule has 3 nitrogen and oxygen atoms in total. The highest BCUT2D eigenvalue weighted by Gasteiger charge is 2.23. The molecule has 1 aliphatic carbocycles. The number of hydrogen-bond donors (Lipinski definition) is 1. The monoisotopic (exact) mass is 151 g/mol. The Morgan fingerprint density at radius 3 is 3.36 bits per heavy atom. The normalized spacial score (nSPS) is 22.2. The quantitative estimate of drug-likeness (QED) is 0.631. The third kappa shape index (κ3) is 0.878. The Morgan fingerprint density at radius 1 is 1.82 bits per heavy atom. The fourth-order valence-electron chi connectivity index (χ4n) is 1.84. The van der Waals surface area contributed by atoms with Gasteiger partial charge in [0.1, 0.15) is 0 Å². The summed E-state index contributed by atoms with van der Waals surface area (Å²) in [5, 5.41) is 4.20. The molecule has 0 fully saturated rings. The van der Waals surface area contributed by atoms with E-state index in [-0.39, 0.29) is 0 Å². The maximum Gasteiger partial charge on any atom is 0.0527 e. The molecule has 1 aromatic rings. The van der Waals surface area contributed by atoms with E-state index in [4.69, 9.17) is 5.73 Å². The van der Waals surface area contributed by atoms with Crippen LogP contribution >= 0.6 is 0 Å². The summed E-state index contributed by atoms with van der Waals surface area (Å²) in [6.45, 7) is 0.763. The Labute approximate surface area is 66.2 Å². The minimum Gasteiger partial charge on any atom is -0.330 e. The van der Waals surface area contributed by atoms with Crippen LogP contribution in [0.5, 0.6) is 0 Å². The predicted octanol–water partition coefficient (Wildman–Crippen LogP) is 0.409. The summed E-state index contributed by atoms with van der Waals surface area (Å²) in [4.78, 5) is 0. The molecular formula is C8H13N3. The zero-order valence-corrected chi connectivity index (χ0v) is 6.75. The van der Waals surface area contributed by atoms with Gasteiger partial charge in [-0.1, -0.05) is 0 Å². The van der Waals surface area contributed by atoms with Crippen molar-refractivity contribution in [1.29, 1.82) is 0 Å². The van der Waals surface area contributed by atoms with Crippen molar-refractivity contribution in [2.45, 2.75) is 18.8 Å². The number of rotatable bonds is 1. The van der Waals surface area contributed by atoms with Crippen LogP contribution in [0.1, 0.15) is 23.6 Å². The van der Waals surface area contributed by atoms with Crippen LogP contribution in [0, 0.1) is 0 Å². The van der Waals surface area contributed by atoms with Crippen molar-refractivity contribution in [2.24, 2.45) is 12.8 Å². The summed E-state index contributed by atoms with van der Waals surface area (Å²) in [5.41, 5.74) is 8.37. The summed E-state index contributed by atoms with van der Waals surface area (Å²) < 4.78 is 1.96. The van der Waals surface area contributed by atoms with Crippen molar-refractivity contribution >= 4 is 0 Å². The summed E-state index contributed by atoms with van der Waals surface area (Å²) in [6.07, 6.45) is 4.31. The van der Waals surface area contributed by atoms with Crippen molar-refractivity contribution in [3.63, 3.8) is 0 Å². The average molecular weight is 151 g/mol. The van der Waals surface area contributed by atoms with Crippen LogP contribution in [0.25, 0.3) is 0 Å². The smallest absolute Gasteiger partial charge is 0.0527 e. The number of fused-ring (bicyclic) bond motifs is 1. The van der Waals surface area contributed by atoms with E-state index in [0.717, 1.165) is 13.0 Å². The largest absolute Gasteiger partial charge is 0.330 e. The predicted molar refractivity (Wildman–Crippen MR) is 43.3 cm³/mol. The van der Waals surface area contributed by atoms with Gasteiger partial charge in [0.2, 0.25) is 0 Å². The molecule has 0 saturated heterocycles. The summed E-state index contributed by atoms with van der Waals surface area (Å²) >= 11 is 0. The van der Waals surface area contributed by atoms with Gasteiger partial charge in [-0.25, -0.2) is 0 Å². The van der Waals surface area contributed by atoms with Crippen molar-refractivity contribution in [1.82, 2.24) is 9.78 Å². The molecule has 1 atom stereocenters. The first kappa shape index (κ1) is 6.85. The Balaban J connectivity index is 2.40. The minimum absolute atomic E-state index is 0.568. The van der Waals surface area contributed by atoms with Crippen molar-refractivity contribution in [3.05, 3.63) is 17.5 Å². The Morgan fingerprint density at radius 2 is 2.64 bits per heavy atom. The van der Waals surface area contributed by atoms with Gasteiger partial charge in [0.15, 0.2) is 0 Å². The zero-order chi connectivity index (χ0) is 7.84. The van der Waals surface area contributed by atoms with Gasteiger partial charge in [-0.3, -0.25) is 4.68 Å². The first-order chi connectivity index (χ1) is 5.33. The first-order valence-electron chi connectivity index (χ1n) is 4.03. The van der Waals surface area contributed by atoms with Crippen molar-refractivity contribution < 1.29 is 0 Å². The molecule has 1 heterocycles. The van der Waals surface area contributed by atoms with Crippen molar-refractivity contribution in [2.75, 3.05) is 6.54 Å². The van der Waals surface area contributed by atoms with Crippen LogP contribution in [0.2, 0.25) is 0 Å². The van der Waals surface area contributed by atoms with Crippen LogP contribution < -0.4 is 5.73 Å². The van der Waals surface area contributed by atoms with Gasteiger partial charge in [-0.15, -0.1) is 0 Å². The maximum atomic E-state index is 5.62. The van der Waals surface area contributed by atoms with Crippen LogP contribution in [0.15, 0.2) is 6.20 Å². The van der Waals surface area contributed by atoms with Gasteiger partial charge in [0, 0.05) is 12.7 Å². The molecule has 3 heteroatoms. The molecule has 0 radical (unpaired) electrons. The third-order valence-electron chi connectivity index (χ3n) is 2.55. The highest BCUT2D eigenvalue weighted by molar-refractivity contribution is 5.28. The zero-order valence-electron chi connectivity index (χ0n) is 6.75. The molecule has 0 bridgehead atoms. The molecule has 0 spiro atoms. The van der Waals surface area contributed by atoms with Gasteiger partial charge in [0.05, 0.1) is 6.20 Å². The molecule has 2 N–H and O–H groups in total. The second kappa shape index (κ2) is 2.34. The Bertz CT molecular complexity index is 264. The number of nitrogens with two attached hydrogens (primary N) is 1. The number of nitrogens with zero attached hydrogens (tertiary/aromatic N) is 2.